The summed E-state index contributed by atoms with van der Waals surface area (Å²) >= 11 is 0. The van der Waals surface area contributed by atoms with Crippen molar-refractivity contribution < 1.29 is 8.78 Å². The van der Waals surface area contributed by atoms with Gasteiger partial charge in [-0.3, -0.25) is 9.36 Å². The maximum absolute atomic E-state index is 14.3. The van der Waals surface area contributed by atoms with Gasteiger partial charge in [0.2, 0.25) is 5.95 Å². The SMILES string of the molecule is CC(Nc1nc(N)nc(N)c1C#N)c1nc2cccc(CCCN3CCCC3)c2c(=O)n1-c1cc(F)cc(F)c1. The maximum atomic E-state index is 14.3. The molecule has 5 N–H and O–H groups in total. The zero-order chi connectivity index (χ0) is 28.4. The molecule has 0 bridgehead atoms. The van der Waals surface area contributed by atoms with Crippen molar-refractivity contribution in [2.75, 3.05) is 36.4 Å². The van der Waals surface area contributed by atoms with Crippen LogP contribution in [0, 0.1) is 23.0 Å². The fourth-order valence-electron chi connectivity index (χ4n) is 5.21. The number of aromatic nitrogens is 4. The number of nitrogens with zero attached hydrogens (tertiary/aromatic N) is 6. The summed E-state index contributed by atoms with van der Waals surface area (Å²) in [5.74, 6) is -1.75. The molecule has 0 amide bonds. The average Bonchev–Trinajstić information content (AvgIpc) is 3.41. The summed E-state index contributed by atoms with van der Waals surface area (Å²) in [4.78, 5) is 29.2. The third-order valence-corrected chi connectivity index (χ3v) is 7.04. The van der Waals surface area contributed by atoms with Crippen LogP contribution in [0.1, 0.15) is 49.2 Å². The number of halogens is 2. The lowest BCUT2D eigenvalue weighted by Crippen LogP contribution is -2.28. The summed E-state index contributed by atoms with van der Waals surface area (Å²) in [7, 11) is 0. The van der Waals surface area contributed by atoms with E-state index in [0.29, 0.717) is 17.3 Å². The van der Waals surface area contributed by atoms with Gasteiger partial charge >= 0.3 is 0 Å². The Morgan fingerprint density at radius 1 is 1.10 bits per heavy atom. The van der Waals surface area contributed by atoms with Crippen LogP contribution in [-0.4, -0.2) is 44.1 Å². The van der Waals surface area contributed by atoms with Crippen LogP contribution < -0.4 is 22.3 Å². The predicted octanol–water partition coefficient (Wildman–Crippen LogP) is 3.69. The van der Waals surface area contributed by atoms with Gasteiger partial charge in [0.25, 0.3) is 5.56 Å². The van der Waals surface area contributed by atoms with Crippen LogP contribution in [0.3, 0.4) is 0 Å². The highest BCUT2D eigenvalue weighted by atomic mass is 19.1. The fourth-order valence-corrected chi connectivity index (χ4v) is 5.21. The molecule has 0 aliphatic carbocycles. The van der Waals surface area contributed by atoms with Gasteiger partial charge in [0.05, 0.1) is 22.6 Å². The zero-order valence-electron chi connectivity index (χ0n) is 22.0. The Balaban J connectivity index is 1.62. The normalized spacial score (nSPS) is 14.3. The van der Waals surface area contributed by atoms with Gasteiger partial charge < -0.3 is 21.7 Å². The first kappa shape index (κ1) is 27.0. The van der Waals surface area contributed by atoms with E-state index in [1.807, 2.05) is 18.2 Å². The molecule has 0 spiro atoms. The van der Waals surface area contributed by atoms with E-state index in [1.54, 1.807) is 13.0 Å². The van der Waals surface area contributed by atoms with Crippen LogP contribution in [0.2, 0.25) is 0 Å². The molecule has 1 fully saturated rings. The lowest BCUT2D eigenvalue weighted by molar-refractivity contribution is 0.334. The average molecular weight is 546 g/mol. The highest BCUT2D eigenvalue weighted by Gasteiger charge is 2.23. The van der Waals surface area contributed by atoms with Crippen molar-refractivity contribution in [3.8, 4) is 11.8 Å². The first-order chi connectivity index (χ1) is 19.2. The second-order valence-electron chi connectivity index (χ2n) is 9.87. The third-order valence-electron chi connectivity index (χ3n) is 7.04. The monoisotopic (exact) mass is 545 g/mol. The molecule has 1 aliphatic rings. The van der Waals surface area contributed by atoms with Crippen LogP contribution >= 0.6 is 0 Å². The Morgan fingerprint density at radius 2 is 1.82 bits per heavy atom. The highest BCUT2D eigenvalue weighted by Crippen LogP contribution is 2.27. The number of aryl methyl sites for hydroxylation is 1. The van der Waals surface area contributed by atoms with Crippen molar-refractivity contribution in [1.82, 2.24) is 24.4 Å². The van der Waals surface area contributed by atoms with Gasteiger partial charge in [-0.25, -0.2) is 13.8 Å². The number of benzene rings is 2. The summed E-state index contributed by atoms with van der Waals surface area (Å²) in [5.41, 5.74) is 12.3. The van der Waals surface area contributed by atoms with E-state index in [1.165, 1.54) is 17.4 Å². The smallest absolute Gasteiger partial charge is 0.266 e. The molecule has 5 rings (SSSR count). The molecule has 1 saturated heterocycles. The Bertz CT molecular complexity index is 1660. The molecule has 1 atom stereocenters. The van der Waals surface area contributed by atoms with E-state index in [0.717, 1.165) is 49.8 Å². The first-order valence-corrected chi connectivity index (χ1v) is 13.1. The summed E-state index contributed by atoms with van der Waals surface area (Å²) in [6, 6.07) is 9.51. The summed E-state index contributed by atoms with van der Waals surface area (Å²) in [6.45, 7) is 4.77. The number of fused-ring (bicyclic) bond motifs is 1. The van der Waals surface area contributed by atoms with Gasteiger partial charge in [-0.05, 0) is 76.0 Å². The molecular weight excluding hydrogens is 516 g/mol. The first-order valence-electron chi connectivity index (χ1n) is 13.1. The molecule has 2 aromatic carbocycles. The summed E-state index contributed by atoms with van der Waals surface area (Å²) < 4.78 is 29.9. The fraction of sp³-hybridized carbons (Fsp3) is 0.321. The van der Waals surface area contributed by atoms with Gasteiger partial charge in [0.1, 0.15) is 34.9 Å². The summed E-state index contributed by atoms with van der Waals surface area (Å²) in [6.07, 6.45) is 3.92. The van der Waals surface area contributed by atoms with E-state index in [2.05, 4.69) is 20.2 Å². The molecule has 4 aromatic rings. The minimum atomic E-state index is -0.837. The lowest BCUT2D eigenvalue weighted by Gasteiger charge is -2.21. The van der Waals surface area contributed by atoms with E-state index in [-0.39, 0.29) is 34.7 Å². The van der Waals surface area contributed by atoms with Crippen LogP contribution in [0.25, 0.3) is 16.6 Å². The quantitative estimate of drug-likeness (QED) is 0.301. The number of hydrogen-bond acceptors (Lipinski definition) is 9. The highest BCUT2D eigenvalue weighted by molar-refractivity contribution is 5.82. The van der Waals surface area contributed by atoms with Gasteiger partial charge in [0, 0.05) is 6.07 Å². The van der Waals surface area contributed by atoms with Gasteiger partial charge in [-0.2, -0.15) is 15.2 Å². The molecule has 1 aliphatic heterocycles. The van der Waals surface area contributed by atoms with Crippen molar-refractivity contribution in [3.63, 3.8) is 0 Å². The van der Waals surface area contributed by atoms with Crippen molar-refractivity contribution in [1.29, 1.82) is 5.26 Å². The Labute approximate surface area is 229 Å². The molecule has 0 saturated carbocycles. The third kappa shape index (κ3) is 5.41. The minimum Gasteiger partial charge on any atom is -0.382 e. The van der Waals surface area contributed by atoms with Gasteiger partial charge in [0.15, 0.2) is 5.82 Å². The van der Waals surface area contributed by atoms with Crippen LogP contribution in [0.5, 0.6) is 0 Å². The largest absolute Gasteiger partial charge is 0.382 e. The van der Waals surface area contributed by atoms with E-state index < -0.39 is 23.2 Å². The van der Waals surface area contributed by atoms with Crippen LogP contribution in [-0.2, 0) is 6.42 Å². The zero-order valence-corrected chi connectivity index (χ0v) is 22.0. The number of nitrogens with two attached hydrogens (primary N) is 2. The number of nitriles is 1. The molecule has 206 valence electrons. The molecule has 2 aromatic heterocycles. The van der Waals surface area contributed by atoms with Gasteiger partial charge in [-0.15, -0.1) is 0 Å². The Hall–Kier alpha value is -4.63. The van der Waals surface area contributed by atoms with E-state index >= 15 is 0 Å². The van der Waals surface area contributed by atoms with Crippen molar-refractivity contribution in [2.45, 2.75) is 38.6 Å². The van der Waals surface area contributed by atoms with Crippen LogP contribution in [0.15, 0.2) is 41.2 Å². The summed E-state index contributed by atoms with van der Waals surface area (Å²) in [5, 5.41) is 13.0. The number of rotatable bonds is 8. The lowest BCUT2D eigenvalue weighted by atomic mass is 10.0. The Kier molecular flexibility index (Phi) is 7.57. The molecule has 1 unspecified atom stereocenters. The number of nitrogens with one attached hydrogen (secondary N) is 1. The van der Waals surface area contributed by atoms with Crippen molar-refractivity contribution in [2.24, 2.45) is 0 Å². The van der Waals surface area contributed by atoms with Crippen LogP contribution in [0.4, 0.5) is 26.4 Å². The molecule has 40 heavy (non-hydrogen) atoms. The second-order valence-corrected chi connectivity index (χ2v) is 9.87. The predicted molar refractivity (Wildman–Crippen MR) is 149 cm³/mol. The second kappa shape index (κ2) is 11.2. The topological polar surface area (TPSA) is 152 Å². The van der Waals surface area contributed by atoms with Crippen molar-refractivity contribution in [3.05, 3.63) is 75.3 Å². The van der Waals surface area contributed by atoms with E-state index in [9.17, 15) is 18.8 Å². The standard InChI is InChI=1S/C28H29F2N9O/c1-16(34-25-21(15-31)24(32)36-28(33)37-25)26-35-22-8-4-6-17(7-5-11-38-9-2-3-10-38)23(22)27(40)39(26)20-13-18(29)12-19(30)14-20/h4,6,8,12-14,16H,2-3,5,7,9-11H2,1H3,(H5,32,33,34,36,37). The number of hydrogen-bond donors (Lipinski definition) is 3. The minimum absolute atomic E-state index is 0.0189. The van der Waals surface area contributed by atoms with Crippen molar-refractivity contribution >= 4 is 28.5 Å². The Morgan fingerprint density at radius 3 is 2.52 bits per heavy atom. The van der Waals surface area contributed by atoms with Gasteiger partial charge in [-0.1, -0.05) is 12.1 Å². The molecule has 12 heteroatoms. The molecular formula is C28H29F2N9O. The molecule has 0 radical (unpaired) electrons. The van der Waals surface area contributed by atoms with E-state index in [4.69, 9.17) is 16.5 Å². The number of anilines is 3. The maximum Gasteiger partial charge on any atom is 0.266 e. The molecule has 10 nitrogen and oxygen atoms in total. The molecule has 3 heterocycles. The number of likely N-dealkylation sites (tertiary alicyclic amines) is 1. The number of nitrogen functional groups attached to an aromatic ring is 2.